The van der Waals surface area contributed by atoms with Crippen molar-refractivity contribution in [3.05, 3.63) is 11.6 Å². The highest BCUT2D eigenvalue weighted by Gasteiger charge is 2.28. The van der Waals surface area contributed by atoms with Crippen LogP contribution in [-0.2, 0) is 9.59 Å². The van der Waals surface area contributed by atoms with Crippen LogP contribution in [0.1, 0.15) is 32.1 Å². The van der Waals surface area contributed by atoms with Gasteiger partial charge in [-0.3, -0.25) is 9.59 Å². The smallest absolute Gasteiger partial charge is 0.290 e. The molecule has 1 amide bonds. The topological polar surface area (TPSA) is 37.4 Å². The standard InChI is InChI=1S/C11H15NO2/c13-10-6-8-12(11(10)14)7-5-9-3-1-2-4-9/h3H,1-2,4-8H2. The average Bonchev–Trinajstić information content (AvgIpc) is 2.77. The van der Waals surface area contributed by atoms with Gasteiger partial charge < -0.3 is 4.90 Å². The van der Waals surface area contributed by atoms with E-state index >= 15 is 0 Å². The molecule has 1 aliphatic heterocycles. The minimum absolute atomic E-state index is 0.217. The van der Waals surface area contributed by atoms with Crippen molar-refractivity contribution in [1.29, 1.82) is 0 Å². The number of nitrogens with zero attached hydrogens (tertiary/aromatic N) is 1. The van der Waals surface area contributed by atoms with Crippen molar-refractivity contribution >= 4 is 11.7 Å². The number of hydrogen-bond donors (Lipinski definition) is 0. The molecule has 0 N–H and O–H groups in total. The van der Waals surface area contributed by atoms with E-state index in [2.05, 4.69) is 6.08 Å². The molecule has 0 aromatic heterocycles. The Balaban J connectivity index is 1.81. The molecule has 0 radical (unpaired) electrons. The Morgan fingerprint density at radius 3 is 2.71 bits per heavy atom. The molecule has 76 valence electrons. The minimum atomic E-state index is -0.274. The molecule has 14 heavy (non-hydrogen) atoms. The molecule has 0 spiro atoms. The first kappa shape index (κ1) is 9.44. The van der Waals surface area contributed by atoms with E-state index in [1.165, 1.54) is 24.8 Å². The maximum absolute atomic E-state index is 11.3. The third kappa shape index (κ3) is 1.86. The highest BCUT2D eigenvalue weighted by atomic mass is 16.2. The SMILES string of the molecule is O=C1CCN(CCC2=CCCC2)C1=O. The number of hydrogen-bond acceptors (Lipinski definition) is 2. The van der Waals surface area contributed by atoms with Crippen LogP contribution in [-0.4, -0.2) is 29.7 Å². The van der Waals surface area contributed by atoms with Crippen molar-refractivity contribution in [3.8, 4) is 0 Å². The molecule has 0 aromatic carbocycles. The molecule has 0 aromatic rings. The van der Waals surface area contributed by atoms with Crippen LogP contribution in [0.15, 0.2) is 11.6 Å². The summed E-state index contributed by atoms with van der Waals surface area (Å²) < 4.78 is 0. The molecule has 0 bridgehead atoms. The van der Waals surface area contributed by atoms with E-state index in [-0.39, 0.29) is 11.7 Å². The Morgan fingerprint density at radius 2 is 2.14 bits per heavy atom. The van der Waals surface area contributed by atoms with Crippen LogP contribution in [0.3, 0.4) is 0 Å². The summed E-state index contributed by atoms with van der Waals surface area (Å²) in [6, 6.07) is 0. The normalized spacial score (nSPS) is 22.0. The second-order valence-electron chi connectivity index (χ2n) is 3.97. The minimum Gasteiger partial charge on any atom is -0.335 e. The quantitative estimate of drug-likeness (QED) is 0.500. The predicted octanol–water partition coefficient (Wildman–Crippen LogP) is 1.29. The zero-order chi connectivity index (χ0) is 9.97. The number of ketones is 1. The highest BCUT2D eigenvalue weighted by molar-refractivity contribution is 6.37. The lowest BCUT2D eigenvalue weighted by Crippen LogP contribution is -2.28. The molecule has 1 heterocycles. The van der Waals surface area contributed by atoms with Gasteiger partial charge in [0.1, 0.15) is 0 Å². The van der Waals surface area contributed by atoms with Crippen LogP contribution in [0, 0.1) is 0 Å². The summed E-state index contributed by atoms with van der Waals surface area (Å²) in [5, 5.41) is 0. The molecular formula is C11H15NO2. The molecule has 0 atom stereocenters. The van der Waals surface area contributed by atoms with Gasteiger partial charge in [0, 0.05) is 19.5 Å². The van der Waals surface area contributed by atoms with Gasteiger partial charge in [0.15, 0.2) is 0 Å². The van der Waals surface area contributed by atoms with Gasteiger partial charge >= 0.3 is 0 Å². The van der Waals surface area contributed by atoms with Crippen molar-refractivity contribution in [2.24, 2.45) is 0 Å². The summed E-state index contributed by atoms with van der Waals surface area (Å²) >= 11 is 0. The zero-order valence-electron chi connectivity index (χ0n) is 8.29. The number of carbonyl (C=O) groups is 2. The summed E-state index contributed by atoms with van der Waals surface area (Å²) in [6.45, 7) is 1.36. The van der Waals surface area contributed by atoms with Crippen LogP contribution >= 0.6 is 0 Å². The summed E-state index contributed by atoms with van der Waals surface area (Å²) in [6.07, 6.45) is 7.25. The van der Waals surface area contributed by atoms with Crippen LogP contribution in [0.5, 0.6) is 0 Å². The Kier molecular flexibility index (Phi) is 2.66. The van der Waals surface area contributed by atoms with E-state index in [4.69, 9.17) is 0 Å². The Bertz CT molecular complexity index is 294. The maximum atomic E-state index is 11.3. The maximum Gasteiger partial charge on any atom is 0.290 e. The monoisotopic (exact) mass is 193 g/mol. The fourth-order valence-corrected chi connectivity index (χ4v) is 2.08. The first-order valence-corrected chi connectivity index (χ1v) is 5.27. The van der Waals surface area contributed by atoms with Crippen molar-refractivity contribution in [2.75, 3.05) is 13.1 Å². The number of Topliss-reactive ketones (excluding diaryl/α,β-unsaturated/α-hetero) is 1. The van der Waals surface area contributed by atoms with Gasteiger partial charge in [-0.25, -0.2) is 0 Å². The summed E-state index contributed by atoms with van der Waals surface area (Å²) in [7, 11) is 0. The van der Waals surface area contributed by atoms with Gasteiger partial charge in [-0.2, -0.15) is 0 Å². The van der Waals surface area contributed by atoms with Gasteiger partial charge in [0.05, 0.1) is 0 Å². The van der Waals surface area contributed by atoms with Crippen molar-refractivity contribution < 1.29 is 9.59 Å². The van der Waals surface area contributed by atoms with Crippen molar-refractivity contribution in [2.45, 2.75) is 32.1 Å². The fourth-order valence-electron chi connectivity index (χ4n) is 2.08. The second-order valence-corrected chi connectivity index (χ2v) is 3.97. The summed E-state index contributed by atoms with van der Waals surface area (Å²) in [5.74, 6) is -0.492. The first-order valence-electron chi connectivity index (χ1n) is 5.27. The third-order valence-electron chi connectivity index (χ3n) is 2.97. The summed E-state index contributed by atoms with van der Waals surface area (Å²) in [5.41, 5.74) is 1.46. The number of allylic oxidation sites excluding steroid dienone is 1. The summed E-state index contributed by atoms with van der Waals surface area (Å²) in [4.78, 5) is 23.9. The number of carbonyl (C=O) groups excluding carboxylic acids is 2. The lowest BCUT2D eigenvalue weighted by atomic mass is 10.1. The van der Waals surface area contributed by atoms with Gasteiger partial charge in [-0.15, -0.1) is 0 Å². The van der Waals surface area contributed by atoms with Crippen LogP contribution in [0.4, 0.5) is 0 Å². The molecule has 3 nitrogen and oxygen atoms in total. The zero-order valence-corrected chi connectivity index (χ0v) is 8.29. The Hall–Kier alpha value is -1.12. The van der Waals surface area contributed by atoms with Gasteiger partial charge in [-0.1, -0.05) is 11.6 Å². The van der Waals surface area contributed by atoms with Crippen molar-refractivity contribution in [1.82, 2.24) is 4.90 Å². The fraction of sp³-hybridized carbons (Fsp3) is 0.636. The van der Waals surface area contributed by atoms with E-state index < -0.39 is 0 Å². The molecule has 2 rings (SSSR count). The molecule has 1 saturated heterocycles. The van der Waals surface area contributed by atoms with Crippen LogP contribution in [0.2, 0.25) is 0 Å². The molecule has 0 unspecified atom stereocenters. The van der Waals surface area contributed by atoms with E-state index in [9.17, 15) is 9.59 Å². The number of rotatable bonds is 3. The highest BCUT2D eigenvalue weighted by Crippen LogP contribution is 2.21. The lowest BCUT2D eigenvalue weighted by molar-refractivity contribution is -0.139. The number of amides is 1. The molecule has 0 saturated carbocycles. The average molecular weight is 193 g/mol. The van der Waals surface area contributed by atoms with E-state index in [1.54, 1.807) is 4.90 Å². The molecule has 1 fully saturated rings. The Labute approximate surface area is 83.8 Å². The third-order valence-corrected chi connectivity index (χ3v) is 2.97. The van der Waals surface area contributed by atoms with Crippen LogP contribution < -0.4 is 0 Å². The van der Waals surface area contributed by atoms with Crippen LogP contribution in [0.25, 0.3) is 0 Å². The van der Waals surface area contributed by atoms with Gasteiger partial charge in [-0.05, 0) is 25.7 Å². The number of likely N-dealkylation sites (tertiary alicyclic amines) is 1. The first-order chi connectivity index (χ1) is 6.77. The Morgan fingerprint density at radius 1 is 1.29 bits per heavy atom. The van der Waals surface area contributed by atoms with Crippen molar-refractivity contribution in [3.63, 3.8) is 0 Å². The molecule has 1 aliphatic carbocycles. The van der Waals surface area contributed by atoms with E-state index in [0.29, 0.717) is 13.0 Å². The van der Waals surface area contributed by atoms with Gasteiger partial charge in [0.2, 0.25) is 5.78 Å². The molecule has 3 heteroatoms. The molecule has 2 aliphatic rings. The largest absolute Gasteiger partial charge is 0.335 e. The van der Waals surface area contributed by atoms with E-state index in [1.807, 2.05) is 0 Å². The lowest BCUT2D eigenvalue weighted by Gasteiger charge is -2.14. The second kappa shape index (κ2) is 3.95. The molecular weight excluding hydrogens is 178 g/mol. The predicted molar refractivity (Wildman–Crippen MR) is 52.8 cm³/mol. The van der Waals surface area contributed by atoms with Gasteiger partial charge in [0.25, 0.3) is 5.91 Å². The van der Waals surface area contributed by atoms with E-state index in [0.717, 1.165) is 13.0 Å².